The Morgan fingerprint density at radius 2 is 1.76 bits per heavy atom. The van der Waals surface area contributed by atoms with Gasteiger partial charge in [-0.3, -0.25) is 9.59 Å². The highest BCUT2D eigenvalue weighted by molar-refractivity contribution is 6.41. The van der Waals surface area contributed by atoms with Crippen molar-refractivity contribution >= 4 is 17.5 Å². The van der Waals surface area contributed by atoms with E-state index in [-0.39, 0.29) is 0 Å². The molecule has 1 aromatic carbocycles. The van der Waals surface area contributed by atoms with Gasteiger partial charge in [0.05, 0.1) is 0 Å². The van der Waals surface area contributed by atoms with E-state index < -0.39 is 11.8 Å². The minimum atomic E-state index is -0.459. The third kappa shape index (κ3) is 3.32. The highest BCUT2D eigenvalue weighted by Crippen LogP contribution is 2.22. The maximum atomic E-state index is 12.2. The van der Waals surface area contributed by atoms with Crippen molar-refractivity contribution in [2.24, 2.45) is 0 Å². The number of benzene rings is 1. The van der Waals surface area contributed by atoms with E-state index in [4.69, 9.17) is 0 Å². The maximum absolute atomic E-state index is 12.2. The van der Waals surface area contributed by atoms with Gasteiger partial charge in [-0.25, -0.2) is 0 Å². The molecule has 2 amide bonds. The summed E-state index contributed by atoms with van der Waals surface area (Å²) in [6.07, 6.45) is 0. The Morgan fingerprint density at radius 3 is 2.29 bits per heavy atom. The standard InChI is InChI=1S/C17H22N2O2/c1-12(2)11-18-9-10-19(17(21)16(18)20)15-7-5-14(6-8-15)13(3)4/h5-8,13H,1,9-11H2,2-4H3. The van der Waals surface area contributed by atoms with E-state index in [1.54, 1.807) is 9.80 Å². The largest absolute Gasteiger partial charge is 0.329 e. The van der Waals surface area contributed by atoms with Crippen molar-refractivity contribution < 1.29 is 9.59 Å². The van der Waals surface area contributed by atoms with E-state index in [0.29, 0.717) is 25.6 Å². The van der Waals surface area contributed by atoms with Crippen molar-refractivity contribution in [3.63, 3.8) is 0 Å². The molecule has 112 valence electrons. The molecule has 0 saturated carbocycles. The third-order valence-electron chi connectivity index (χ3n) is 3.64. The fourth-order valence-corrected chi connectivity index (χ4v) is 2.44. The quantitative estimate of drug-likeness (QED) is 0.630. The molecule has 21 heavy (non-hydrogen) atoms. The lowest BCUT2D eigenvalue weighted by Gasteiger charge is -2.34. The number of nitrogens with zero attached hydrogens (tertiary/aromatic N) is 2. The average molecular weight is 286 g/mol. The molecule has 1 aromatic rings. The van der Waals surface area contributed by atoms with Crippen molar-refractivity contribution in [1.82, 2.24) is 4.90 Å². The van der Waals surface area contributed by atoms with Gasteiger partial charge in [0.25, 0.3) is 0 Å². The first-order chi connectivity index (χ1) is 9.90. The second-order valence-electron chi connectivity index (χ2n) is 5.89. The molecule has 0 N–H and O–H groups in total. The van der Waals surface area contributed by atoms with E-state index in [2.05, 4.69) is 20.4 Å². The summed E-state index contributed by atoms with van der Waals surface area (Å²) in [4.78, 5) is 27.5. The molecule has 0 unspecified atom stereocenters. The number of anilines is 1. The van der Waals surface area contributed by atoms with Gasteiger partial charge in [-0.1, -0.05) is 38.1 Å². The van der Waals surface area contributed by atoms with Crippen LogP contribution in [0.4, 0.5) is 5.69 Å². The molecule has 1 heterocycles. The molecule has 0 atom stereocenters. The first kappa shape index (κ1) is 15.3. The Kier molecular flexibility index (Phi) is 4.46. The normalized spacial score (nSPS) is 15.8. The summed E-state index contributed by atoms with van der Waals surface area (Å²) in [5.74, 6) is -0.458. The van der Waals surface area contributed by atoms with Gasteiger partial charge in [-0.05, 0) is 30.5 Å². The van der Waals surface area contributed by atoms with Gasteiger partial charge in [0, 0.05) is 25.3 Å². The van der Waals surface area contributed by atoms with Crippen LogP contribution in [0, 0.1) is 0 Å². The molecule has 0 aromatic heterocycles. The number of piperazine rings is 1. The average Bonchev–Trinajstić information content (AvgIpc) is 2.44. The molecular weight excluding hydrogens is 264 g/mol. The van der Waals surface area contributed by atoms with Crippen LogP contribution in [0.15, 0.2) is 36.4 Å². The van der Waals surface area contributed by atoms with E-state index >= 15 is 0 Å². The number of amides is 2. The van der Waals surface area contributed by atoms with Crippen LogP contribution < -0.4 is 4.90 Å². The predicted molar refractivity (Wildman–Crippen MR) is 84.3 cm³/mol. The molecule has 2 rings (SSSR count). The summed E-state index contributed by atoms with van der Waals surface area (Å²) in [6.45, 7) is 11.4. The van der Waals surface area contributed by atoms with Crippen LogP contribution in [0.1, 0.15) is 32.3 Å². The zero-order valence-corrected chi connectivity index (χ0v) is 12.9. The number of hydrogen-bond acceptors (Lipinski definition) is 2. The molecule has 1 aliphatic heterocycles. The van der Waals surface area contributed by atoms with Crippen LogP contribution in [0.5, 0.6) is 0 Å². The second-order valence-corrected chi connectivity index (χ2v) is 5.89. The third-order valence-corrected chi connectivity index (χ3v) is 3.64. The summed E-state index contributed by atoms with van der Waals surface area (Å²) >= 11 is 0. The Balaban J connectivity index is 2.14. The summed E-state index contributed by atoms with van der Waals surface area (Å²) in [7, 11) is 0. The van der Waals surface area contributed by atoms with Gasteiger partial charge >= 0.3 is 11.8 Å². The molecule has 4 heteroatoms. The molecule has 0 aliphatic carbocycles. The minimum absolute atomic E-state index is 0.447. The number of hydrogen-bond donors (Lipinski definition) is 0. The molecule has 0 radical (unpaired) electrons. The molecule has 0 spiro atoms. The van der Waals surface area contributed by atoms with Crippen molar-refractivity contribution in [2.45, 2.75) is 26.7 Å². The van der Waals surface area contributed by atoms with Gasteiger partial charge in [-0.15, -0.1) is 0 Å². The van der Waals surface area contributed by atoms with Gasteiger partial charge in [0.2, 0.25) is 0 Å². The summed E-state index contributed by atoms with van der Waals surface area (Å²) in [5.41, 5.74) is 2.89. The molecule has 1 saturated heterocycles. The Hall–Kier alpha value is -2.10. The van der Waals surface area contributed by atoms with Crippen LogP contribution in [-0.2, 0) is 9.59 Å². The topological polar surface area (TPSA) is 40.6 Å². The van der Waals surface area contributed by atoms with E-state index in [0.717, 1.165) is 11.3 Å². The fraction of sp³-hybridized carbons (Fsp3) is 0.412. The Morgan fingerprint density at radius 1 is 1.14 bits per heavy atom. The lowest BCUT2D eigenvalue weighted by Crippen LogP contribution is -2.54. The highest BCUT2D eigenvalue weighted by atomic mass is 16.2. The van der Waals surface area contributed by atoms with Crippen LogP contribution in [0.25, 0.3) is 0 Å². The fourth-order valence-electron chi connectivity index (χ4n) is 2.44. The molecule has 0 bridgehead atoms. The highest BCUT2D eigenvalue weighted by Gasteiger charge is 2.33. The second kappa shape index (κ2) is 6.12. The molecular formula is C17H22N2O2. The number of carbonyl (C=O) groups is 2. The zero-order chi connectivity index (χ0) is 15.6. The number of rotatable bonds is 4. The van der Waals surface area contributed by atoms with Crippen molar-refractivity contribution in [2.75, 3.05) is 24.5 Å². The van der Waals surface area contributed by atoms with Crippen LogP contribution in [0.3, 0.4) is 0 Å². The number of carbonyl (C=O) groups excluding carboxylic acids is 2. The smallest absolute Gasteiger partial charge is 0.316 e. The van der Waals surface area contributed by atoms with Crippen LogP contribution >= 0.6 is 0 Å². The van der Waals surface area contributed by atoms with Crippen molar-refractivity contribution in [3.8, 4) is 0 Å². The zero-order valence-electron chi connectivity index (χ0n) is 12.9. The SMILES string of the molecule is C=C(C)CN1CCN(c2ccc(C(C)C)cc2)C(=O)C1=O. The van der Waals surface area contributed by atoms with E-state index in [1.165, 1.54) is 5.56 Å². The van der Waals surface area contributed by atoms with Gasteiger partial charge in [-0.2, -0.15) is 0 Å². The molecule has 1 aliphatic rings. The van der Waals surface area contributed by atoms with Gasteiger partial charge in [0.1, 0.15) is 0 Å². The van der Waals surface area contributed by atoms with E-state index in [9.17, 15) is 9.59 Å². The summed E-state index contributed by atoms with van der Waals surface area (Å²) in [6, 6.07) is 7.85. The van der Waals surface area contributed by atoms with Crippen LogP contribution in [0.2, 0.25) is 0 Å². The Bertz CT molecular complexity index is 561. The predicted octanol–water partition coefficient (Wildman–Crippen LogP) is 2.56. The van der Waals surface area contributed by atoms with Crippen molar-refractivity contribution in [1.29, 1.82) is 0 Å². The van der Waals surface area contributed by atoms with Gasteiger partial charge in [0.15, 0.2) is 0 Å². The Labute approximate surface area is 126 Å². The van der Waals surface area contributed by atoms with Crippen molar-refractivity contribution in [3.05, 3.63) is 42.0 Å². The minimum Gasteiger partial charge on any atom is -0.329 e. The maximum Gasteiger partial charge on any atom is 0.316 e. The monoisotopic (exact) mass is 286 g/mol. The summed E-state index contributed by atoms with van der Waals surface area (Å²) < 4.78 is 0. The van der Waals surface area contributed by atoms with Gasteiger partial charge < -0.3 is 9.80 Å². The first-order valence-electron chi connectivity index (χ1n) is 7.25. The lowest BCUT2D eigenvalue weighted by molar-refractivity contribution is -0.145. The first-order valence-corrected chi connectivity index (χ1v) is 7.25. The summed E-state index contributed by atoms with van der Waals surface area (Å²) in [5, 5.41) is 0. The molecule has 4 nitrogen and oxygen atoms in total. The van der Waals surface area contributed by atoms with E-state index in [1.807, 2.05) is 31.2 Å². The molecule has 1 fully saturated rings. The van der Waals surface area contributed by atoms with Crippen LogP contribution in [-0.4, -0.2) is 36.3 Å². The lowest BCUT2D eigenvalue weighted by atomic mass is 10.0.